The monoisotopic (exact) mass is 227 g/mol. The van der Waals surface area contributed by atoms with E-state index in [1.54, 1.807) is 0 Å². The van der Waals surface area contributed by atoms with E-state index in [2.05, 4.69) is 4.98 Å². The normalized spacial score (nSPS) is 24.8. The first-order valence-corrected chi connectivity index (χ1v) is 4.99. The SMILES string of the molecule is Nc1cn([C@H]2CC[C@@H](CO)O2)c(=O)[nH]c1=O. The lowest BCUT2D eigenvalue weighted by Gasteiger charge is -2.14. The summed E-state index contributed by atoms with van der Waals surface area (Å²) < 4.78 is 6.65. The Morgan fingerprint density at radius 1 is 1.56 bits per heavy atom. The van der Waals surface area contributed by atoms with Gasteiger partial charge in [0.25, 0.3) is 5.56 Å². The molecule has 2 heterocycles. The zero-order valence-electron chi connectivity index (χ0n) is 8.55. The number of hydrogen-bond donors (Lipinski definition) is 3. The van der Waals surface area contributed by atoms with Crippen LogP contribution in [0.5, 0.6) is 0 Å². The van der Waals surface area contributed by atoms with Crippen LogP contribution in [-0.4, -0.2) is 27.4 Å². The summed E-state index contributed by atoms with van der Waals surface area (Å²) in [7, 11) is 0. The van der Waals surface area contributed by atoms with E-state index < -0.39 is 17.5 Å². The highest BCUT2D eigenvalue weighted by Crippen LogP contribution is 2.26. The molecule has 0 unspecified atom stereocenters. The number of aromatic amines is 1. The number of rotatable bonds is 2. The average molecular weight is 227 g/mol. The van der Waals surface area contributed by atoms with E-state index in [1.165, 1.54) is 10.8 Å². The number of nitrogens with two attached hydrogens (primary N) is 1. The molecular formula is C9H13N3O4. The third-order valence-electron chi connectivity index (χ3n) is 2.59. The maximum atomic E-state index is 11.5. The minimum absolute atomic E-state index is 0.0318. The minimum Gasteiger partial charge on any atom is -0.394 e. The summed E-state index contributed by atoms with van der Waals surface area (Å²) in [6.45, 7) is -0.0793. The predicted molar refractivity (Wildman–Crippen MR) is 56.0 cm³/mol. The van der Waals surface area contributed by atoms with Gasteiger partial charge >= 0.3 is 5.69 Å². The number of aliphatic hydroxyl groups is 1. The number of anilines is 1. The summed E-state index contributed by atoms with van der Waals surface area (Å²) in [6, 6.07) is 0. The van der Waals surface area contributed by atoms with Gasteiger partial charge in [-0.2, -0.15) is 0 Å². The Hall–Kier alpha value is -1.60. The van der Waals surface area contributed by atoms with E-state index in [1.807, 2.05) is 0 Å². The van der Waals surface area contributed by atoms with Crippen LogP contribution in [0.3, 0.4) is 0 Å². The molecular weight excluding hydrogens is 214 g/mol. The molecule has 0 saturated carbocycles. The molecule has 4 N–H and O–H groups in total. The number of nitrogen functional groups attached to an aromatic ring is 1. The topological polar surface area (TPSA) is 110 Å². The molecule has 0 amide bonds. The fourth-order valence-corrected chi connectivity index (χ4v) is 1.74. The predicted octanol–water partition coefficient (Wildman–Crippen LogP) is -1.21. The van der Waals surface area contributed by atoms with Crippen LogP contribution in [0.1, 0.15) is 19.1 Å². The van der Waals surface area contributed by atoms with Crippen molar-refractivity contribution in [1.29, 1.82) is 0 Å². The largest absolute Gasteiger partial charge is 0.394 e. The van der Waals surface area contributed by atoms with E-state index in [0.717, 1.165) is 0 Å². The number of H-pyrrole nitrogens is 1. The first-order chi connectivity index (χ1) is 7.61. The van der Waals surface area contributed by atoms with Crippen molar-refractivity contribution in [3.8, 4) is 0 Å². The van der Waals surface area contributed by atoms with Gasteiger partial charge in [0.05, 0.1) is 12.7 Å². The van der Waals surface area contributed by atoms with Crippen LogP contribution < -0.4 is 17.0 Å². The molecule has 7 heteroatoms. The van der Waals surface area contributed by atoms with Crippen molar-refractivity contribution in [1.82, 2.24) is 9.55 Å². The maximum Gasteiger partial charge on any atom is 0.330 e. The molecule has 2 atom stereocenters. The van der Waals surface area contributed by atoms with E-state index in [-0.39, 0.29) is 18.4 Å². The van der Waals surface area contributed by atoms with Crippen LogP contribution in [-0.2, 0) is 4.74 Å². The van der Waals surface area contributed by atoms with Crippen molar-refractivity contribution >= 4 is 5.69 Å². The fourth-order valence-electron chi connectivity index (χ4n) is 1.74. The second-order valence-electron chi connectivity index (χ2n) is 3.72. The highest BCUT2D eigenvalue weighted by Gasteiger charge is 2.26. The summed E-state index contributed by atoms with van der Waals surface area (Å²) in [6.07, 6.45) is 1.82. The van der Waals surface area contributed by atoms with Gasteiger partial charge in [0.1, 0.15) is 11.9 Å². The molecule has 88 valence electrons. The molecule has 1 aliphatic rings. The summed E-state index contributed by atoms with van der Waals surface area (Å²) in [4.78, 5) is 24.6. The smallest absolute Gasteiger partial charge is 0.330 e. The number of nitrogens with zero attached hydrogens (tertiary/aromatic N) is 1. The molecule has 0 aliphatic carbocycles. The molecule has 1 aromatic rings. The van der Waals surface area contributed by atoms with E-state index in [9.17, 15) is 9.59 Å². The van der Waals surface area contributed by atoms with Crippen molar-refractivity contribution < 1.29 is 9.84 Å². The van der Waals surface area contributed by atoms with Gasteiger partial charge in [0.2, 0.25) is 0 Å². The molecule has 1 aliphatic heterocycles. The molecule has 2 rings (SSSR count). The Balaban J connectivity index is 2.32. The Bertz CT molecular complexity index is 492. The Morgan fingerprint density at radius 3 is 2.94 bits per heavy atom. The molecule has 1 aromatic heterocycles. The molecule has 0 bridgehead atoms. The highest BCUT2D eigenvalue weighted by molar-refractivity contribution is 5.30. The average Bonchev–Trinajstić information content (AvgIpc) is 2.71. The van der Waals surface area contributed by atoms with Crippen molar-refractivity contribution in [2.45, 2.75) is 25.2 Å². The molecule has 16 heavy (non-hydrogen) atoms. The van der Waals surface area contributed by atoms with Gasteiger partial charge in [-0.05, 0) is 12.8 Å². The van der Waals surface area contributed by atoms with Crippen molar-refractivity contribution in [3.63, 3.8) is 0 Å². The van der Waals surface area contributed by atoms with Crippen LogP contribution in [0.25, 0.3) is 0 Å². The molecule has 1 saturated heterocycles. The lowest BCUT2D eigenvalue weighted by molar-refractivity contribution is -0.0245. The lowest BCUT2D eigenvalue weighted by atomic mass is 10.2. The van der Waals surface area contributed by atoms with Gasteiger partial charge in [0, 0.05) is 6.20 Å². The van der Waals surface area contributed by atoms with Gasteiger partial charge in [-0.25, -0.2) is 4.79 Å². The van der Waals surface area contributed by atoms with Crippen LogP contribution in [0.15, 0.2) is 15.8 Å². The Labute approximate surface area is 90.5 Å². The van der Waals surface area contributed by atoms with Gasteiger partial charge < -0.3 is 15.6 Å². The van der Waals surface area contributed by atoms with Crippen LogP contribution >= 0.6 is 0 Å². The van der Waals surface area contributed by atoms with E-state index >= 15 is 0 Å². The first kappa shape index (κ1) is 10.9. The molecule has 7 nitrogen and oxygen atoms in total. The van der Waals surface area contributed by atoms with Crippen LogP contribution in [0.4, 0.5) is 5.69 Å². The molecule has 0 radical (unpaired) electrons. The van der Waals surface area contributed by atoms with Gasteiger partial charge in [0.15, 0.2) is 0 Å². The Kier molecular flexibility index (Phi) is 2.80. The second-order valence-corrected chi connectivity index (χ2v) is 3.72. The fraction of sp³-hybridized carbons (Fsp3) is 0.556. The number of ether oxygens (including phenoxy) is 1. The minimum atomic E-state index is -0.599. The van der Waals surface area contributed by atoms with Crippen molar-refractivity contribution in [2.75, 3.05) is 12.3 Å². The Morgan fingerprint density at radius 2 is 2.31 bits per heavy atom. The molecule has 1 fully saturated rings. The molecule has 0 aromatic carbocycles. The second kappa shape index (κ2) is 4.11. The van der Waals surface area contributed by atoms with Gasteiger partial charge in [-0.15, -0.1) is 0 Å². The van der Waals surface area contributed by atoms with Crippen LogP contribution in [0.2, 0.25) is 0 Å². The number of aliphatic hydroxyl groups excluding tert-OH is 1. The summed E-state index contributed by atoms with van der Waals surface area (Å²) >= 11 is 0. The lowest BCUT2D eigenvalue weighted by Crippen LogP contribution is -2.33. The van der Waals surface area contributed by atoms with Crippen molar-refractivity contribution in [3.05, 3.63) is 27.0 Å². The first-order valence-electron chi connectivity index (χ1n) is 4.99. The third-order valence-corrected chi connectivity index (χ3v) is 2.59. The summed E-state index contributed by atoms with van der Waals surface area (Å²) in [5.74, 6) is 0. The van der Waals surface area contributed by atoms with E-state index in [0.29, 0.717) is 12.8 Å². The number of aromatic nitrogens is 2. The third kappa shape index (κ3) is 1.86. The number of nitrogens with one attached hydrogen (secondary N) is 1. The van der Waals surface area contributed by atoms with Gasteiger partial charge in [-0.1, -0.05) is 0 Å². The highest BCUT2D eigenvalue weighted by atomic mass is 16.5. The number of hydrogen-bond acceptors (Lipinski definition) is 5. The summed E-state index contributed by atoms with van der Waals surface area (Å²) in [5.41, 5.74) is 4.23. The van der Waals surface area contributed by atoms with Crippen LogP contribution in [0, 0.1) is 0 Å². The van der Waals surface area contributed by atoms with Gasteiger partial charge in [-0.3, -0.25) is 14.3 Å². The quantitative estimate of drug-likeness (QED) is 0.587. The zero-order chi connectivity index (χ0) is 11.7. The summed E-state index contributed by atoms with van der Waals surface area (Å²) in [5, 5.41) is 8.90. The molecule has 0 spiro atoms. The van der Waals surface area contributed by atoms with E-state index in [4.69, 9.17) is 15.6 Å². The zero-order valence-corrected chi connectivity index (χ0v) is 8.55. The standard InChI is InChI=1S/C9H13N3O4/c10-6-3-12(9(15)11-8(6)14)7-2-1-5(4-13)16-7/h3,5,7,13H,1-2,4,10H2,(H,11,14,15)/t5-,7+/m0/s1. The van der Waals surface area contributed by atoms with Crippen molar-refractivity contribution in [2.24, 2.45) is 0 Å². The maximum absolute atomic E-state index is 11.5.